The van der Waals surface area contributed by atoms with Crippen molar-refractivity contribution in [3.8, 4) is 0 Å². The number of imidazole rings is 2. The highest BCUT2D eigenvalue weighted by atomic mass is 16.5. The molecule has 0 fully saturated rings. The highest BCUT2D eigenvalue weighted by Crippen LogP contribution is 2.08. The normalized spacial score (nSPS) is 11.5. The van der Waals surface area contributed by atoms with Crippen LogP contribution < -0.4 is 22.5 Å². The molecule has 0 N–H and O–H groups in total. The monoisotopic (exact) mass is 486 g/mol. The number of hydrogen-bond donors (Lipinski definition) is 0. The number of hydrogen-bond acceptors (Lipinski definition) is 8. The zero-order chi connectivity index (χ0) is 25.4. The van der Waals surface area contributed by atoms with Gasteiger partial charge in [-0.1, -0.05) is 0 Å². The van der Waals surface area contributed by atoms with Crippen molar-refractivity contribution in [2.75, 3.05) is 7.11 Å². The molecule has 0 aromatic carbocycles. The number of methoxy groups -OCH3 is 1. The van der Waals surface area contributed by atoms with Crippen LogP contribution in [0.2, 0.25) is 0 Å². The third-order valence-corrected chi connectivity index (χ3v) is 6.07. The van der Waals surface area contributed by atoms with Crippen molar-refractivity contribution >= 4 is 28.3 Å². The second-order valence-electron chi connectivity index (χ2n) is 8.27. The molecule has 0 atom stereocenters. The lowest BCUT2D eigenvalue weighted by atomic mass is 10.3. The molecule has 0 aliphatic carbocycles. The second kappa shape index (κ2) is 9.19. The van der Waals surface area contributed by atoms with E-state index in [4.69, 9.17) is 0 Å². The summed E-state index contributed by atoms with van der Waals surface area (Å²) in [6, 6.07) is 0. The number of carbonyl (C=O) groups is 1. The minimum absolute atomic E-state index is 0.00615. The van der Waals surface area contributed by atoms with E-state index in [1.54, 1.807) is 16.2 Å². The van der Waals surface area contributed by atoms with E-state index in [1.807, 2.05) is 0 Å². The summed E-state index contributed by atoms with van der Waals surface area (Å²) in [4.78, 5) is 71.3. The number of nitrogens with zero attached hydrogens (tertiary/aromatic N) is 8. The molecule has 14 nitrogen and oxygen atoms in total. The highest BCUT2D eigenvalue weighted by molar-refractivity contribution is 5.71. The Balaban J connectivity index is 1.64. The van der Waals surface area contributed by atoms with Crippen LogP contribution in [0.5, 0.6) is 0 Å². The zero-order valence-electron chi connectivity index (χ0n) is 19.9. The predicted octanol–water partition coefficient (Wildman–Crippen LogP) is -1.31. The Labute approximate surface area is 197 Å². The smallest absolute Gasteiger partial charge is 0.332 e. The first-order chi connectivity index (χ1) is 16.7. The maximum atomic E-state index is 13.2. The summed E-state index contributed by atoms with van der Waals surface area (Å²) >= 11 is 0. The molecule has 4 heterocycles. The molecule has 4 aromatic rings. The van der Waals surface area contributed by atoms with Crippen molar-refractivity contribution in [3.05, 3.63) is 54.3 Å². The van der Waals surface area contributed by atoms with E-state index in [0.29, 0.717) is 13.0 Å². The Morgan fingerprint density at radius 3 is 1.94 bits per heavy atom. The van der Waals surface area contributed by atoms with Gasteiger partial charge in [0.15, 0.2) is 22.3 Å². The number of ether oxygens (including phenoxy) is 1. The van der Waals surface area contributed by atoms with Gasteiger partial charge in [0.05, 0.1) is 19.8 Å². The van der Waals surface area contributed by atoms with Gasteiger partial charge in [-0.25, -0.2) is 19.6 Å². The van der Waals surface area contributed by atoms with Crippen LogP contribution in [0.15, 0.2) is 31.8 Å². The minimum atomic E-state index is -0.551. The summed E-state index contributed by atoms with van der Waals surface area (Å²) in [7, 11) is 6.02. The fourth-order valence-corrected chi connectivity index (χ4v) is 4.16. The molecule has 0 spiro atoms. The average molecular weight is 486 g/mol. The summed E-state index contributed by atoms with van der Waals surface area (Å²) in [6.07, 6.45) is 3.72. The van der Waals surface area contributed by atoms with Crippen LogP contribution in [0, 0.1) is 0 Å². The molecule has 35 heavy (non-hydrogen) atoms. The molecule has 0 saturated carbocycles. The minimum Gasteiger partial charge on any atom is -0.469 e. The van der Waals surface area contributed by atoms with Gasteiger partial charge in [0.1, 0.15) is 0 Å². The van der Waals surface area contributed by atoms with Crippen LogP contribution in [-0.4, -0.2) is 50.4 Å². The van der Waals surface area contributed by atoms with Crippen molar-refractivity contribution in [2.45, 2.75) is 38.9 Å². The van der Waals surface area contributed by atoms with Crippen LogP contribution in [0.4, 0.5) is 0 Å². The lowest BCUT2D eigenvalue weighted by Crippen LogP contribution is -2.42. The molecule has 186 valence electrons. The van der Waals surface area contributed by atoms with E-state index in [1.165, 1.54) is 43.0 Å². The number of fused-ring (bicyclic) bond motifs is 2. The summed E-state index contributed by atoms with van der Waals surface area (Å²) in [6.45, 7) is 0.349. The van der Waals surface area contributed by atoms with Crippen LogP contribution in [0.25, 0.3) is 22.3 Å². The van der Waals surface area contributed by atoms with Gasteiger partial charge in [0.2, 0.25) is 0 Å². The largest absolute Gasteiger partial charge is 0.469 e. The maximum absolute atomic E-state index is 13.2. The standard InChI is InChI=1S/C21H26N8O6/c1-24-11-22-16-14(24)18(31)28(20(33)25(16)2)9-6-10-29-19(32)15-17(26(3)21(29)34)23-12-27(15)8-5-7-13(30)35-4/h11-12H,5-10H2,1-4H3. The van der Waals surface area contributed by atoms with Gasteiger partial charge in [0.25, 0.3) is 11.1 Å². The van der Waals surface area contributed by atoms with E-state index < -0.39 is 22.5 Å². The Morgan fingerprint density at radius 2 is 1.34 bits per heavy atom. The molecule has 0 aliphatic rings. The van der Waals surface area contributed by atoms with Crippen molar-refractivity contribution in [1.82, 2.24) is 37.4 Å². The first-order valence-corrected chi connectivity index (χ1v) is 11.0. The van der Waals surface area contributed by atoms with E-state index in [9.17, 15) is 24.0 Å². The van der Waals surface area contributed by atoms with Crippen molar-refractivity contribution < 1.29 is 9.53 Å². The first-order valence-electron chi connectivity index (χ1n) is 11.0. The quantitative estimate of drug-likeness (QED) is 0.279. The summed E-state index contributed by atoms with van der Waals surface area (Å²) in [5.74, 6) is -0.357. The fourth-order valence-electron chi connectivity index (χ4n) is 4.16. The molecule has 0 saturated heterocycles. The molecule has 4 aromatic heterocycles. The van der Waals surface area contributed by atoms with Crippen molar-refractivity contribution in [2.24, 2.45) is 21.1 Å². The molecule has 4 rings (SSSR count). The van der Waals surface area contributed by atoms with E-state index in [2.05, 4.69) is 14.7 Å². The SMILES string of the molecule is COC(=O)CCCn1cnc2c1c(=O)n(CCCn1c(=O)c3c(ncn3C)n(C)c1=O)c(=O)n2C. The molecule has 0 radical (unpaired) electrons. The lowest BCUT2D eigenvalue weighted by molar-refractivity contribution is -0.140. The molecule has 14 heteroatoms. The summed E-state index contributed by atoms with van der Waals surface area (Å²) in [5, 5.41) is 0. The molecule has 0 bridgehead atoms. The van der Waals surface area contributed by atoms with Crippen LogP contribution >= 0.6 is 0 Å². The van der Waals surface area contributed by atoms with Gasteiger partial charge in [0, 0.05) is 47.2 Å². The zero-order valence-corrected chi connectivity index (χ0v) is 19.9. The fraction of sp³-hybridized carbons (Fsp3) is 0.476. The third kappa shape index (κ3) is 4.00. The van der Waals surface area contributed by atoms with E-state index >= 15 is 0 Å². The number of aryl methyl sites for hydroxylation is 4. The first kappa shape index (κ1) is 23.9. The third-order valence-electron chi connectivity index (χ3n) is 6.07. The predicted molar refractivity (Wildman–Crippen MR) is 125 cm³/mol. The molecular weight excluding hydrogens is 460 g/mol. The van der Waals surface area contributed by atoms with Crippen molar-refractivity contribution in [1.29, 1.82) is 0 Å². The number of rotatable bonds is 8. The molecule has 0 aliphatic heterocycles. The van der Waals surface area contributed by atoms with Crippen molar-refractivity contribution in [3.63, 3.8) is 0 Å². The lowest BCUT2D eigenvalue weighted by Gasteiger charge is -2.11. The second-order valence-corrected chi connectivity index (χ2v) is 8.27. The van der Waals surface area contributed by atoms with Gasteiger partial charge in [-0.2, -0.15) is 0 Å². The van der Waals surface area contributed by atoms with E-state index in [-0.39, 0.29) is 54.2 Å². The summed E-state index contributed by atoms with van der Waals surface area (Å²) < 4.78 is 12.5. The van der Waals surface area contributed by atoms with Crippen LogP contribution in [0.1, 0.15) is 19.3 Å². The molecule has 0 amide bonds. The number of esters is 1. The van der Waals surface area contributed by atoms with Gasteiger partial charge in [-0.3, -0.25) is 32.7 Å². The Bertz CT molecular complexity index is 1680. The van der Waals surface area contributed by atoms with E-state index in [0.717, 1.165) is 9.13 Å². The van der Waals surface area contributed by atoms with Gasteiger partial charge >= 0.3 is 17.3 Å². The Morgan fingerprint density at radius 1 is 0.800 bits per heavy atom. The number of aromatic nitrogens is 8. The Hall–Kier alpha value is -4.23. The maximum Gasteiger partial charge on any atom is 0.332 e. The summed E-state index contributed by atoms with van der Waals surface area (Å²) in [5.41, 5.74) is -1.04. The Kier molecular flexibility index (Phi) is 6.28. The van der Waals surface area contributed by atoms with Crippen LogP contribution in [0.3, 0.4) is 0 Å². The van der Waals surface area contributed by atoms with Gasteiger partial charge in [-0.15, -0.1) is 0 Å². The average Bonchev–Trinajstić information content (AvgIpc) is 3.44. The van der Waals surface area contributed by atoms with Gasteiger partial charge in [-0.05, 0) is 12.8 Å². The highest BCUT2D eigenvalue weighted by Gasteiger charge is 2.18. The molecular formula is C21H26N8O6. The van der Waals surface area contributed by atoms with Gasteiger partial charge < -0.3 is 13.9 Å². The molecule has 0 unspecified atom stereocenters. The van der Waals surface area contributed by atoms with Crippen LogP contribution in [-0.2, 0) is 50.3 Å². The number of carbonyl (C=O) groups excluding carboxylic acids is 1. The topological polar surface area (TPSA) is 150 Å².